The zero-order valence-electron chi connectivity index (χ0n) is 18.2. The van der Waals surface area contributed by atoms with Gasteiger partial charge in [0.2, 0.25) is 0 Å². The van der Waals surface area contributed by atoms with Gasteiger partial charge in [0.25, 0.3) is 6.47 Å². The Labute approximate surface area is 172 Å². The molecule has 1 atom stereocenters. The van der Waals surface area contributed by atoms with Crippen molar-refractivity contribution < 1.29 is 23.8 Å². The maximum Gasteiger partial charge on any atom is 0.305 e. The molecule has 0 heterocycles. The van der Waals surface area contributed by atoms with Crippen LogP contribution >= 0.6 is 0 Å². The van der Waals surface area contributed by atoms with Gasteiger partial charge in [-0.15, -0.1) is 0 Å². The quantitative estimate of drug-likeness (QED) is 0.106. The average Bonchev–Trinajstić information content (AvgIpc) is 2.69. The predicted molar refractivity (Wildman–Crippen MR) is 113 cm³/mol. The van der Waals surface area contributed by atoms with E-state index >= 15 is 0 Å². The number of carbonyl (C=O) groups excluding carboxylic acids is 2. The molecular formula is C23H42O5. The fourth-order valence-corrected chi connectivity index (χ4v) is 2.99. The molecule has 0 amide bonds. The molecule has 0 fully saturated rings. The highest BCUT2D eigenvalue weighted by Gasteiger charge is 2.12. The lowest BCUT2D eigenvalue weighted by molar-refractivity contribution is -0.154. The zero-order valence-corrected chi connectivity index (χ0v) is 18.2. The lowest BCUT2D eigenvalue weighted by atomic mass is 10.1. The molecule has 0 spiro atoms. The van der Waals surface area contributed by atoms with Crippen LogP contribution in [0.1, 0.15) is 96.8 Å². The highest BCUT2D eigenvalue weighted by Crippen LogP contribution is 2.10. The zero-order chi connectivity index (χ0) is 20.7. The first-order valence-corrected chi connectivity index (χ1v) is 11.1. The normalized spacial score (nSPS) is 12.2. The number of unbranched alkanes of at least 4 members (excludes halogenated alkanes) is 11. The van der Waals surface area contributed by atoms with E-state index in [1.54, 1.807) is 0 Å². The topological polar surface area (TPSA) is 61.8 Å². The molecule has 0 aromatic rings. The molecular weight excluding hydrogens is 356 g/mol. The largest absolute Gasteiger partial charge is 0.462 e. The molecule has 0 aromatic heterocycles. The second-order valence-electron chi connectivity index (χ2n) is 7.33. The van der Waals surface area contributed by atoms with Gasteiger partial charge in [0, 0.05) is 13.5 Å². The van der Waals surface area contributed by atoms with Crippen molar-refractivity contribution in [2.75, 3.05) is 20.3 Å². The second-order valence-corrected chi connectivity index (χ2v) is 7.33. The van der Waals surface area contributed by atoms with E-state index in [0.29, 0.717) is 12.9 Å². The Kier molecular flexibility index (Phi) is 20.9. The molecule has 0 saturated carbocycles. The van der Waals surface area contributed by atoms with E-state index in [9.17, 15) is 9.59 Å². The Hall–Kier alpha value is -1.36. The van der Waals surface area contributed by atoms with E-state index in [-0.39, 0.29) is 19.2 Å². The summed E-state index contributed by atoms with van der Waals surface area (Å²) in [7, 11) is 1.51. The monoisotopic (exact) mass is 398 g/mol. The summed E-state index contributed by atoms with van der Waals surface area (Å²) in [5, 5.41) is 0. The predicted octanol–water partition coefficient (Wildman–Crippen LogP) is 5.76. The first kappa shape index (κ1) is 26.6. The molecule has 0 rings (SSSR count). The van der Waals surface area contributed by atoms with Crippen LogP contribution in [-0.4, -0.2) is 38.9 Å². The van der Waals surface area contributed by atoms with Gasteiger partial charge in [0.15, 0.2) is 6.10 Å². The fraction of sp³-hybridized carbons (Fsp3) is 0.826. The van der Waals surface area contributed by atoms with Crippen LogP contribution in [0.15, 0.2) is 12.2 Å². The van der Waals surface area contributed by atoms with Crippen molar-refractivity contribution in [2.24, 2.45) is 0 Å². The standard InChI is InChI=1S/C23H42O5/c1-3-4-5-6-7-8-9-10-11-12-13-14-15-16-17-18-23(25)27-20-22(19-26-2)28-21-24/h10-11,21-22H,3-9,12-20H2,1-2H3/b11-10-. The van der Waals surface area contributed by atoms with Gasteiger partial charge in [-0.05, 0) is 32.1 Å². The maximum atomic E-state index is 11.7. The maximum absolute atomic E-state index is 11.7. The van der Waals surface area contributed by atoms with Crippen molar-refractivity contribution in [3.05, 3.63) is 12.2 Å². The minimum Gasteiger partial charge on any atom is -0.462 e. The summed E-state index contributed by atoms with van der Waals surface area (Å²) in [4.78, 5) is 22.0. The number of hydrogen-bond acceptors (Lipinski definition) is 5. The Morgan fingerprint density at radius 3 is 1.96 bits per heavy atom. The third-order valence-electron chi connectivity index (χ3n) is 4.67. The fourth-order valence-electron chi connectivity index (χ4n) is 2.99. The molecule has 0 aromatic carbocycles. The number of rotatable bonds is 21. The number of hydrogen-bond donors (Lipinski definition) is 0. The van der Waals surface area contributed by atoms with Crippen LogP contribution in [0.5, 0.6) is 0 Å². The number of esters is 1. The minimum atomic E-state index is -0.527. The molecule has 0 bridgehead atoms. The van der Waals surface area contributed by atoms with Gasteiger partial charge in [-0.25, -0.2) is 0 Å². The van der Waals surface area contributed by atoms with Crippen LogP contribution in [0, 0.1) is 0 Å². The van der Waals surface area contributed by atoms with Gasteiger partial charge >= 0.3 is 5.97 Å². The van der Waals surface area contributed by atoms with Crippen molar-refractivity contribution in [1.82, 2.24) is 0 Å². The van der Waals surface area contributed by atoms with E-state index in [1.807, 2.05) is 0 Å². The lowest BCUT2D eigenvalue weighted by Crippen LogP contribution is -2.26. The third kappa shape index (κ3) is 19.4. The van der Waals surface area contributed by atoms with Crippen molar-refractivity contribution in [3.8, 4) is 0 Å². The summed E-state index contributed by atoms with van der Waals surface area (Å²) in [6.45, 7) is 2.88. The first-order valence-electron chi connectivity index (χ1n) is 11.1. The molecule has 0 saturated heterocycles. The molecule has 1 unspecified atom stereocenters. The van der Waals surface area contributed by atoms with Crippen molar-refractivity contribution in [2.45, 2.75) is 103 Å². The Bertz CT molecular complexity index is 381. The van der Waals surface area contributed by atoms with Crippen LogP contribution in [0.25, 0.3) is 0 Å². The Balaban J connectivity index is 3.38. The number of allylic oxidation sites excluding steroid dienone is 2. The molecule has 0 aliphatic rings. The van der Waals surface area contributed by atoms with E-state index in [0.717, 1.165) is 25.7 Å². The summed E-state index contributed by atoms with van der Waals surface area (Å²) in [5.41, 5.74) is 0. The molecule has 0 aliphatic heterocycles. The Morgan fingerprint density at radius 1 is 0.821 bits per heavy atom. The average molecular weight is 399 g/mol. The molecule has 5 nitrogen and oxygen atoms in total. The lowest BCUT2D eigenvalue weighted by Gasteiger charge is -2.14. The van der Waals surface area contributed by atoms with Gasteiger partial charge in [0.1, 0.15) is 6.61 Å². The van der Waals surface area contributed by atoms with Gasteiger partial charge in [-0.2, -0.15) is 0 Å². The van der Waals surface area contributed by atoms with Crippen LogP contribution in [0.4, 0.5) is 0 Å². The van der Waals surface area contributed by atoms with Gasteiger partial charge < -0.3 is 14.2 Å². The molecule has 5 heteroatoms. The van der Waals surface area contributed by atoms with E-state index < -0.39 is 6.10 Å². The highest BCUT2D eigenvalue weighted by molar-refractivity contribution is 5.69. The molecule has 164 valence electrons. The van der Waals surface area contributed by atoms with Crippen molar-refractivity contribution in [3.63, 3.8) is 0 Å². The molecule has 0 aliphatic carbocycles. The summed E-state index contributed by atoms with van der Waals surface area (Å²) < 4.78 is 14.8. The van der Waals surface area contributed by atoms with Crippen molar-refractivity contribution >= 4 is 12.4 Å². The molecule has 0 radical (unpaired) electrons. The van der Waals surface area contributed by atoms with E-state index in [1.165, 1.54) is 64.9 Å². The number of carbonyl (C=O) groups is 2. The smallest absolute Gasteiger partial charge is 0.305 e. The first-order chi connectivity index (χ1) is 13.7. The SMILES string of the molecule is CCCCCCCC/C=C\CCCCCCCC(=O)OCC(COC)OC=O. The second kappa shape index (κ2) is 21.9. The van der Waals surface area contributed by atoms with E-state index in [4.69, 9.17) is 14.2 Å². The summed E-state index contributed by atoms with van der Waals surface area (Å²) in [6.07, 6.45) is 20.6. The number of ether oxygens (including phenoxy) is 3. The van der Waals surface area contributed by atoms with Crippen LogP contribution in [0.3, 0.4) is 0 Å². The molecule has 0 N–H and O–H groups in total. The summed E-state index contributed by atoms with van der Waals surface area (Å²) in [6, 6.07) is 0. The van der Waals surface area contributed by atoms with Crippen molar-refractivity contribution in [1.29, 1.82) is 0 Å². The summed E-state index contributed by atoms with van der Waals surface area (Å²) >= 11 is 0. The van der Waals surface area contributed by atoms with Gasteiger partial charge in [-0.3, -0.25) is 9.59 Å². The van der Waals surface area contributed by atoms with Crippen LogP contribution in [0.2, 0.25) is 0 Å². The van der Waals surface area contributed by atoms with Crippen LogP contribution < -0.4 is 0 Å². The molecule has 28 heavy (non-hydrogen) atoms. The van der Waals surface area contributed by atoms with Gasteiger partial charge in [0.05, 0.1) is 6.61 Å². The number of methoxy groups -OCH3 is 1. The van der Waals surface area contributed by atoms with Gasteiger partial charge in [-0.1, -0.05) is 70.4 Å². The Morgan fingerprint density at radius 2 is 1.39 bits per heavy atom. The minimum absolute atomic E-state index is 0.0521. The third-order valence-corrected chi connectivity index (χ3v) is 4.67. The van der Waals surface area contributed by atoms with E-state index in [2.05, 4.69) is 19.1 Å². The highest BCUT2D eigenvalue weighted by atomic mass is 16.6. The summed E-state index contributed by atoms with van der Waals surface area (Å²) in [5.74, 6) is -0.242. The van der Waals surface area contributed by atoms with Crippen LogP contribution in [-0.2, 0) is 23.8 Å².